The van der Waals surface area contributed by atoms with Gasteiger partial charge in [0.1, 0.15) is 6.04 Å². The van der Waals surface area contributed by atoms with Crippen molar-refractivity contribution in [1.82, 2.24) is 0 Å². The first kappa shape index (κ1) is 13.4. The number of nitrogens with one attached hydrogen (secondary N) is 1. The third-order valence-corrected chi connectivity index (χ3v) is 3.41. The minimum atomic E-state index is -0.0895. The van der Waals surface area contributed by atoms with Crippen LogP contribution in [-0.2, 0) is 0 Å². The Morgan fingerprint density at radius 2 is 2.12 bits per heavy atom. The minimum absolute atomic E-state index is 0.0895. The van der Waals surface area contributed by atoms with Crippen molar-refractivity contribution in [2.24, 2.45) is 0 Å². The summed E-state index contributed by atoms with van der Waals surface area (Å²) in [6.45, 7) is 0. The Morgan fingerprint density at radius 1 is 1.44 bits per heavy atom. The largest absolute Gasteiger partial charge is 0.370 e. The molecule has 0 heterocycles. The molecule has 1 unspecified atom stereocenters. The summed E-state index contributed by atoms with van der Waals surface area (Å²) in [6.07, 6.45) is 4.06. The van der Waals surface area contributed by atoms with Gasteiger partial charge in [-0.3, -0.25) is 0 Å². The first-order chi connectivity index (χ1) is 7.76. The fourth-order valence-corrected chi connectivity index (χ4v) is 2.07. The van der Waals surface area contributed by atoms with Crippen LogP contribution in [0.25, 0.3) is 0 Å². The molecule has 1 atom stereocenters. The van der Waals surface area contributed by atoms with Gasteiger partial charge in [0.05, 0.1) is 6.07 Å². The first-order valence-corrected chi connectivity index (χ1v) is 7.35. The molecule has 0 aliphatic heterocycles. The van der Waals surface area contributed by atoms with E-state index in [0.717, 1.165) is 28.8 Å². The topological polar surface area (TPSA) is 35.8 Å². The number of nitrogens with zero attached hydrogens (tertiary/aromatic N) is 1. The summed E-state index contributed by atoms with van der Waals surface area (Å²) in [6, 6.07) is 10.1. The summed E-state index contributed by atoms with van der Waals surface area (Å²) >= 11 is 5.20. The monoisotopic (exact) mass is 298 g/mol. The third kappa shape index (κ3) is 4.91. The zero-order valence-electron chi connectivity index (χ0n) is 9.24. The van der Waals surface area contributed by atoms with Crippen LogP contribution < -0.4 is 5.32 Å². The van der Waals surface area contributed by atoms with E-state index < -0.39 is 0 Å². The molecule has 0 bridgehead atoms. The lowest BCUT2D eigenvalue weighted by molar-refractivity contribution is 0.755. The fourth-order valence-electron chi connectivity index (χ4n) is 1.35. The third-order valence-electron chi connectivity index (χ3n) is 2.18. The summed E-state index contributed by atoms with van der Waals surface area (Å²) in [5.74, 6) is 1.11. The van der Waals surface area contributed by atoms with Gasteiger partial charge in [0.25, 0.3) is 0 Å². The standard InChI is InChI=1S/C12H15BrN2S/c1-16-8-2-3-12(9-14)15-11-6-4-10(13)5-7-11/h4-7,12,15H,2-3,8H2,1H3. The highest BCUT2D eigenvalue weighted by molar-refractivity contribution is 9.10. The van der Waals surface area contributed by atoms with E-state index in [1.54, 1.807) is 0 Å². The van der Waals surface area contributed by atoms with Crippen LogP contribution in [0.4, 0.5) is 5.69 Å². The highest BCUT2D eigenvalue weighted by atomic mass is 79.9. The molecule has 0 aliphatic rings. The minimum Gasteiger partial charge on any atom is -0.370 e. The zero-order chi connectivity index (χ0) is 11.8. The Balaban J connectivity index is 2.44. The van der Waals surface area contributed by atoms with Crippen molar-refractivity contribution in [2.45, 2.75) is 18.9 Å². The van der Waals surface area contributed by atoms with E-state index in [1.807, 2.05) is 36.0 Å². The number of halogens is 1. The molecular weight excluding hydrogens is 284 g/mol. The number of anilines is 1. The Labute approximate surface area is 110 Å². The molecule has 2 nitrogen and oxygen atoms in total. The molecule has 1 rings (SSSR count). The molecule has 0 spiro atoms. The van der Waals surface area contributed by atoms with Crippen LogP contribution in [-0.4, -0.2) is 18.1 Å². The predicted octanol–water partition coefficient (Wildman–Crippen LogP) is 3.90. The highest BCUT2D eigenvalue weighted by Crippen LogP contribution is 2.16. The van der Waals surface area contributed by atoms with Crippen LogP contribution >= 0.6 is 27.7 Å². The molecule has 0 fully saturated rings. The molecule has 0 aliphatic carbocycles. The van der Waals surface area contributed by atoms with Crippen LogP contribution in [0.5, 0.6) is 0 Å². The van der Waals surface area contributed by atoms with Gasteiger partial charge in [0, 0.05) is 10.2 Å². The van der Waals surface area contributed by atoms with Crippen molar-refractivity contribution < 1.29 is 0 Å². The molecule has 4 heteroatoms. The second-order valence-electron chi connectivity index (χ2n) is 3.47. The number of rotatable bonds is 6. The van der Waals surface area contributed by atoms with Gasteiger partial charge < -0.3 is 5.32 Å². The fraction of sp³-hybridized carbons (Fsp3) is 0.417. The SMILES string of the molecule is CSCCCC(C#N)Nc1ccc(Br)cc1. The smallest absolute Gasteiger partial charge is 0.114 e. The number of hydrogen-bond donors (Lipinski definition) is 1. The maximum atomic E-state index is 9.01. The number of hydrogen-bond acceptors (Lipinski definition) is 3. The Bertz CT molecular complexity index is 345. The second-order valence-corrected chi connectivity index (χ2v) is 5.37. The van der Waals surface area contributed by atoms with Crippen molar-refractivity contribution in [2.75, 3.05) is 17.3 Å². The number of nitriles is 1. The van der Waals surface area contributed by atoms with Crippen LogP contribution in [0.1, 0.15) is 12.8 Å². The van der Waals surface area contributed by atoms with Crippen LogP contribution in [0.15, 0.2) is 28.7 Å². The van der Waals surface area contributed by atoms with Crippen LogP contribution in [0, 0.1) is 11.3 Å². The Morgan fingerprint density at radius 3 is 2.69 bits per heavy atom. The maximum absolute atomic E-state index is 9.01. The summed E-state index contributed by atoms with van der Waals surface area (Å²) < 4.78 is 1.05. The lowest BCUT2D eigenvalue weighted by atomic mass is 10.2. The van der Waals surface area contributed by atoms with Crippen molar-refractivity contribution in [1.29, 1.82) is 5.26 Å². The van der Waals surface area contributed by atoms with E-state index in [4.69, 9.17) is 5.26 Å². The molecule has 0 saturated heterocycles. The van der Waals surface area contributed by atoms with Gasteiger partial charge in [-0.25, -0.2) is 0 Å². The van der Waals surface area contributed by atoms with Crippen molar-refractivity contribution in [3.8, 4) is 6.07 Å². The van der Waals surface area contributed by atoms with E-state index in [1.165, 1.54) is 0 Å². The summed E-state index contributed by atoms with van der Waals surface area (Å²) in [5, 5.41) is 12.2. The number of benzene rings is 1. The van der Waals surface area contributed by atoms with E-state index in [0.29, 0.717) is 0 Å². The molecule has 0 saturated carbocycles. The van der Waals surface area contributed by atoms with Crippen molar-refractivity contribution in [3.63, 3.8) is 0 Å². The molecular formula is C12H15BrN2S. The lowest BCUT2D eigenvalue weighted by Crippen LogP contribution is -2.17. The van der Waals surface area contributed by atoms with Gasteiger partial charge >= 0.3 is 0 Å². The molecule has 86 valence electrons. The molecule has 16 heavy (non-hydrogen) atoms. The van der Waals surface area contributed by atoms with Crippen molar-refractivity contribution in [3.05, 3.63) is 28.7 Å². The number of thioether (sulfide) groups is 1. The lowest BCUT2D eigenvalue weighted by Gasteiger charge is -2.12. The van der Waals surface area contributed by atoms with Gasteiger partial charge in [-0.1, -0.05) is 15.9 Å². The molecule has 0 aromatic heterocycles. The molecule has 0 amide bonds. The Kier molecular flexibility index (Phi) is 6.36. The van der Waals surface area contributed by atoms with Gasteiger partial charge in [0.15, 0.2) is 0 Å². The maximum Gasteiger partial charge on any atom is 0.114 e. The van der Waals surface area contributed by atoms with Crippen molar-refractivity contribution >= 4 is 33.4 Å². The average molecular weight is 299 g/mol. The Hall–Kier alpha value is -0.660. The van der Waals surface area contributed by atoms with E-state index in [2.05, 4.69) is 33.6 Å². The highest BCUT2D eigenvalue weighted by Gasteiger charge is 2.06. The van der Waals surface area contributed by atoms with Gasteiger partial charge in [-0.2, -0.15) is 17.0 Å². The molecule has 1 aromatic carbocycles. The van der Waals surface area contributed by atoms with E-state index >= 15 is 0 Å². The van der Waals surface area contributed by atoms with E-state index in [9.17, 15) is 0 Å². The quantitative estimate of drug-likeness (QED) is 0.809. The van der Waals surface area contributed by atoms with Gasteiger partial charge in [-0.05, 0) is 49.1 Å². The van der Waals surface area contributed by atoms with Crippen LogP contribution in [0.3, 0.4) is 0 Å². The zero-order valence-corrected chi connectivity index (χ0v) is 11.6. The average Bonchev–Trinajstić information content (AvgIpc) is 2.31. The van der Waals surface area contributed by atoms with Gasteiger partial charge in [-0.15, -0.1) is 0 Å². The second kappa shape index (κ2) is 7.59. The molecule has 1 aromatic rings. The molecule has 0 radical (unpaired) electrons. The summed E-state index contributed by atoms with van der Waals surface area (Å²) in [7, 11) is 0. The summed E-state index contributed by atoms with van der Waals surface area (Å²) in [4.78, 5) is 0. The summed E-state index contributed by atoms with van der Waals surface area (Å²) in [5.41, 5.74) is 0.999. The first-order valence-electron chi connectivity index (χ1n) is 5.17. The van der Waals surface area contributed by atoms with Gasteiger partial charge in [0.2, 0.25) is 0 Å². The van der Waals surface area contributed by atoms with E-state index in [-0.39, 0.29) is 6.04 Å². The molecule has 1 N–H and O–H groups in total. The predicted molar refractivity (Wildman–Crippen MR) is 74.8 cm³/mol. The van der Waals surface area contributed by atoms with Crippen LogP contribution in [0.2, 0.25) is 0 Å². The normalized spacial score (nSPS) is 11.8.